The molecule has 2 rings (SSSR count). The summed E-state index contributed by atoms with van der Waals surface area (Å²) in [7, 11) is 0. The van der Waals surface area contributed by atoms with Crippen molar-refractivity contribution in [1.29, 1.82) is 0 Å². The first-order valence-electron chi connectivity index (χ1n) is 7.01. The maximum atomic E-state index is 6.19. The summed E-state index contributed by atoms with van der Waals surface area (Å²) in [5.74, 6) is 0.863. The Bertz CT molecular complexity index is 601. The lowest BCUT2D eigenvalue weighted by Gasteiger charge is -2.18. The van der Waals surface area contributed by atoms with Crippen LogP contribution in [0.5, 0.6) is 5.75 Å². The molecule has 0 fully saturated rings. The standard InChI is InChI=1S/C17H19Cl2NO/c1-3-20-12(2)14-8-4-5-10-16(14)21-11-13-7-6-9-15(18)17(13)19/h4-10,12,20H,3,11H2,1-2H3. The number of nitrogens with one attached hydrogen (secondary N) is 1. The molecule has 0 amide bonds. The first kappa shape index (κ1) is 16.2. The smallest absolute Gasteiger partial charge is 0.124 e. The van der Waals surface area contributed by atoms with Gasteiger partial charge in [-0.3, -0.25) is 0 Å². The molecule has 21 heavy (non-hydrogen) atoms. The van der Waals surface area contributed by atoms with Crippen molar-refractivity contribution < 1.29 is 4.74 Å². The maximum absolute atomic E-state index is 6.19. The predicted octanol–water partition coefficient (Wildman–Crippen LogP) is 5.24. The Morgan fingerprint density at radius 2 is 1.86 bits per heavy atom. The molecule has 4 heteroatoms. The summed E-state index contributed by atoms with van der Waals surface area (Å²) in [6.45, 7) is 5.52. The highest BCUT2D eigenvalue weighted by Crippen LogP contribution is 2.29. The minimum absolute atomic E-state index is 0.237. The van der Waals surface area contributed by atoms with Gasteiger partial charge in [0.2, 0.25) is 0 Å². The summed E-state index contributed by atoms with van der Waals surface area (Å²) in [5, 5.41) is 4.49. The van der Waals surface area contributed by atoms with Gasteiger partial charge in [0, 0.05) is 17.2 Å². The maximum Gasteiger partial charge on any atom is 0.124 e. The molecule has 2 aromatic rings. The van der Waals surface area contributed by atoms with Crippen LogP contribution in [0.15, 0.2) is 42.5 Å². The lowest BCUT2D eigenvalue weighted by atomic mass is 10.1. The molecule has 0 aliphatic rings. The number of rotatable bonds is 6. The lowest BCUT2D eigenvalue weighted by molar-refractivity contribution is 0.300. The average molecular weight is 324 g/mol. The average Bonchev–Trinajstić information content (AvgIpc) is 2.49. The number of hydrogen-bond acceptors (Lipinski definition) is 2. The van der Waals surface area contributed by atoms with Crippen molar-refractivity contribution in [3.63, 3.8) is 0 Å². The third kappa shape index (κ3) is 4.13. The minimum Gasteiger partial charge on any atom is -0.489 e. The van der Waals surface area contributed by atoms with Crippen LogP contribution in [0.4, 0.5) is 0 Å². The van der Waals surface area contributed by atoms with E-state index in [4.69, 9.17) is 27.9 Å². The first-order chi connectivity index (χ1) is 10.1. The third-order valence-corrected chi connectivity index (χ3v) is 4.17. The largest absolute Gasteiger partial charge is 0.489 e. The molecule has 2 nitrogen and oxygen atoms in total. The van der Waals surface area contributed by atoms with E-state index in [2.05, 4.69) is 25.2 Å². The van der Waals surface area contributed by atoms with Crippen molar-refractivity contribution in [3.05, 3.63) is 63.6 Å². The Kier molecular flexibility index (Phi) is 5.92. The monoisotopic (exact) mass is 323 g/mol. The molecule has 0 heterocycles. The van der Waals surface area contributed by atoms with E-state index < -0.39 is 0 Å². The summed E-state index contributed by atoms with van der Waals surface area (Å²) < 4.78 is 5.94. The van der Waals surface area contributed by atoms with Crippen LogP contribution in [0.25, 0.3) is 0 Å². The van der Waals surface area contributed by atoms with E-state index in [1.807, 2.05) is 30.3 Å². The molecule has 0 radical (unpaired) electrons. The Hall–Kier alpha value is -1.22. The number of hydrogen-bond donors (Lipinski definition) is 1. The van der Waals surface area contributed by atoms with Gasteiger partial charge >= 0.3 is 0 Å². The van der Waals surface area contributed by atoms with Gasteiger partial charge in [0.05, 0.1) is 10.0 Å². The van der Waals surface area contributed by atoms with Gasteiger partial charge < -0.3 is 10.1 Å². The summed E-state index contributed by atoms with van der Waals surface area (Å²) in [6.07, 6.45) is 0. The second-order valence-electron chi connectivity index (χ2n) is 4.82. The van der Waals surface area contributed by atoms with Crippen LogP contribution in [0.3, 0.4) is 0 Å². The molecule has 1 N–H and O–H groups in total. The topological polar surface area (TPSA) is 21.3 Å². The highest BCUT2D eigenvalue weighted by Gasteiger charge is 2.11. The molecule has 112 valence electrons. The van der Waals surface area contributed by atoms with Crippen LogP contribution in [0.1, 0.15) is 31.0 Å². The van der Waals surface area contributed by atoms with Gasteiger partial charge in [-0.2, -0.15) is 0 Å². The Labute approximate surface area is 136 Å². The molecule has 0 aromatic heterocycles. The van der Waals surface area contributed by atoms with E-state index >= 15 is 0 Å². The zero-order valence-corrected chi connectivity index (χ0v) is 13.7. The highest BCUT2D eigenvalue weighted by molar-refractivity contribution is 6.42. The van der Waals surface area contributed by atoms with E-state index in [1.165, 1.54) is 0 Å². The van der Waals surface area contributed by atoms with Gasteiger partial charge in [0.15, 0.2) is 0 Å². The molecule has 0 saturated carbocycles. The fourth-order valence-electron chi connectivity index (χ4n) is 2.20. The number of benzene rings is 2. The van der Waals surface area contributed by atoms with E-state index in [1.54, 1.807) is 6.07 Å². The fourth-order valence-corrected chi connectivity index (χ4v) is 2.58. The Morgan fingerprint density at radius 1 is 1.10 bits per heavy atom. The summed E-state index contributed by atoms with van der Waals surface area (Å²) in [4.78, 5) is 0. The Morgan fingerprint density at radius 3 is 2.62 bits per heavy atom. The summed E-state index contributed by atoms with van der Waals surface area (Å²) in [6, 6.07) is 13.8. The molecule has 1 atom stereocenters. The minimum atomic E-state index is 0.237. The van der Waals surface area contributed by atoms with Crippen LogP contribution in [-0.4, -0.2) is 6.54 Å². The summed E-state index contributed by atoms with van der Waals surface area (Å²) >= 11 is 12.2. The van der Waals surface area contributed by atoms with Crippen molar-refractivity contribution in [1.82, 2.24) is 5.32 Å². The SMILES string of the molecule is CCNC(C)c1ccccc1OCc1cccc(Cl)c1Cl. The molecule has 0 aliphatic carbocycles. The van der Waals surface area contributed by atoms with Gasteiger partial charge in [-0.1, -0.05) is 60.5 Å². The zero-order chi connectivity index (χ0) is 15.2. The van der Waals surface area contributed by atoms with Gasteiger partial charge in [-0.25, -0.2) is 0 Å². The van der Waals surface area contributed by atoms with Crippen molar-refractivity contribution in [3.8, 4) is 5.75 Å². The van der Waals surface area contributed by atoms with E-state index in [-0.39, 0.29) is 6.04 Å². The predicted molar refractivity (Wildman–Crippen MR) is 89.3 cm³/mol. The van der Waals surface area contributed by atoms with Gasteiger partial charge in [0.1, 0.15) is 12.4 Å². The quantitative estimate of drug-likeness (QED) is 0.784. The second kappa shape index (κ2) is 7.69. The Balaban J connectivity index is 2.15. The van der Waals surface area contributed by atoms with Gasteiger partial charge in [0.25, 0.3) is 0 Å². The number of halogens is 2. The molecule has 0 aliphatic heterocycles. The van der Waals surface area contributed by atoms with Crippen LogP contribution < -0.4 is 10.1 Å². The fraction of sp³-hybridized carbons (Fsp3) is 0.294. The number of para-hydroxylation sites is 1. The van der Waals surface area contributed by atoms with Gasteiger partial charge in [-0.15, -0.1) is 0 Å². The van der Waals surface area contributed by atoms with Crippen molar-refractivity contribution in [2.24, 2.45) is 0 Å². The van der Waals surface area contributed by atoms with Crippen molar-refractivity contribution in [2.45, 2.75) is 26.5 Å². The van der Waals surface area contributed by atoms with Crippen LogP contribution in [-0.2, 0) is 6.61 Å². The molecular weight excluding hydrogens is 305 g/mol. The molecule has 0 bridgehead atoms. The molecule has 0 spiro atoms. The summed E-state index contributed by atoms with van der Waals surface area (Å²) in [5.41, 5.74) is 2.02. The third-order valence-electron chi connectivity index (χ3n) is 3.31. The molecule has 2 aromatic carbocycles. The normalized spacial score (nSPS) is 12.2. The van der Waals surface area contributed by atoms with Crippen molar-refractivity contribution in [2.75, 3.05) is 6.54 Å². The molecule has 0 saturated heterocycles. The van der Waals surface area contributed by atoms with E-state index in [9.17, 15) is 0 Å². The van der Waals surface area contributed by atoms with E-state index in [0.717, 1.165) is 23.4 Å². The van der Waals surface area contributed by atoms with Gasteiger partial charge in [-0.05, 0) is 25.6 Å². The lowest BCUT2D eigenvalue weighted by Crippen LogP contribution is -2.18. The van der Waals surface area contributed by atoms with E-state index in [0.29, 0.717) is 16.7 Å². The first-order valence-corrected chi connectivity index (χ1v) is 7.77. The zero-order valence-electron chi connectivity index (χ0n) is 12.2. The van der Waals surface area contributed by atoms with Crippen LogP contribution in [0, 0.1) is 0 Å². The van der Waals surface area contributed by atoms with Crippen molar-refractivity contribution >= 4 is 23.2 Å². The highest BCUT2D eigenvalue weighted by atomic mass is 35.5. The van der Waals surface area contributed by atoms with Crippen LogP contribution >= 0.6 is 23.2 Å². The van der Waals surface area contributed by atoms with Crippen LogP contribution in [0.2, 0.25) is 10.0 Å². The second-order valence-corrected chi connectivity index (χ2v) is 5.60. The number of ether oxygens (including phenoxy) is 1. The molecular formula is C17H19Cl2NO. The molecule has 1 unspecified atom stereocenters.